The molecule has 1 saturated heterocycles. The summed E-state index contributed by atoms with van der Waals surface area (Å²) < 4.78 is 11.5. The fourth-order valence-corrected chi connectivity index (χ4v) is 2.42. The van der Waals surface area contributed by atoms with Crippen LogP contribution < -0.4 is 15.0 Å². The minimum absolute atomic E-state index is 0.140. The Morgan fingerprint density at radius 1 is 1.43 bits per heavy atom. The van der Waals surface area contributed by atoms with E-state index in [1.165, 1.54) is 0 Å². The van der Waals surface area contributed by atoms with Gasteiger partial charge in [0.25, 0.3) is 0 Å². The summed E-state index contributed by atoms with van der Waals surface area (Å²) in [6.07, 6.45) is 1.96. The number of pyridine rings is 1. The summed E-state index contributed by atoms with van der Waals surface area (Å²) >= 11 is 0. The molecular weight excluding hydrogens is 266 g/mol. The summed E-state index contributed by atoms with van der Waals surface area (Å²) in [7, 11) is 0. The monoisotopic (exact) mass is 293 g/mol. The first kappa shape index (κ1) is 16.0. The van der Waals surface area contributed by atoms with E-state index < -0.39 is 0 Å². The van der Waals surface area contributed by atoms with Crippen LogP contribution in [0.2, 0.25) is 0 Å². The van der Waals surface area contributed by atoms with Crippen molar-refractivity contribution >= 4 is 5.82 Å². The van der Waals surface area contributed by atoms with E-state index in [9.17, 15) is 0 Å². The number of morpholine rings is 1. The maximum absolute atomic E-state index is 5.91. The van der Waals surface area contributed by atoms with Gasteiger partial charge in [-0.1, -0.05) is 13.8 Å². The summed E-state index contributed by atoms with van der Waals surface area (Å²) in [4.78, 5) is 6.85. The van der Waals surface area contributed by atoms with Crippen LogP contribution in [0.4, 0.5) is 5.82 Å². The number of aromatic nitrogens is 1. The number of nitrogens with one attached hydrogen (secondary N) is 1. The molecule has 0 bridgehead atoms. The summed E-state index contributed by atoms with van der Waals surface area (Å²) in [5, 5.41) is 3.48. The molecule has 1 aliphatic rings. The van der Waals surface area contributed by atoms with E-state index in [0.717, 1.165) is 37.9 Å². The molecule has 0 radical (unpaired) electrons. The third-order valence-corrected chi connectivity index (χ3v) is 3.37. The third-order valence-electron chi connectivity index (χ3n) is 3.37. The molecule has 21 heavy (non-hydrogen) atoms. The quantitative estimate of drug-likeness (QED) is 0.870. The zero-order valence-electron chi connectivity index (χ0n) is 13.5. The molecule has 0 aliphatic carbocycles. The summed E-state index contributed by atoms with van der Waals surface area (Å²) in [5.41, 5.74) is 0. The second kappa shape index (κ2) is 7.61. The highest BCUT2D eigenvalue weighted by Gasteiger charge is 2.26. The molecule has 1 N–H and O–H groups in total. The van der Waals surface area contributed by atoms with Crippen LogP contribution in [-0.2, 0) is 4.74 Å². The van der Waals surface area contributed by atoms with Gasteiger partial charge >= 0.3 is 0 Å². The third kappa shape index (κ3) is 4.58. The van der Waals surface area contributed by atoms with Crippen LogP contribution in [-0.4, -0.2) is 49.5 Å². The van der Waals surface area contributed by atoms with E-state index >= 15 is 0 Å². The van der Waals surface area contributed by atoms with Gasteiger partial charge < -0.3 is 19.7 Å². The topological polar surface area (TPSA) is 46.6 Å². The second-order valence-corrected chi connectivity index (χ2v) is 5.98. The highest BCUT2D eigenvalue weighted by Crippen LogP contribution is 2.28. The van der Waals surface area contributed by atoms with E-state index in [-0.39, 0.29) is 12.1 Å². The number of hydrogen-bond acceptors (Lipinski definition) is 5. The highest BCUT2D eigenvalue weighted by molar-refractivity contribution is 5.53. The van der Waals surface area contributed by atoms with Crippen molar-refractivity contribution in [3.8, 4) is 5.75 Å². The van der Waals surface area contributed by atoms with Crippen LogP contribution in [0.25, 0.3) is 0 Å². The lowest BCUT2D eigenvalue weighted by Crippen LogP contribution is -2.51. The van der Waals surface area contributed by atoms with Crippen LogP contribution in [0.5, 0.6) is 5.75 Å². The molecule has 1 aliphatic heterocycles. The average Bonchev–Trinajstić information content (AvgIpc) is 2.45. The zero-order chi connectivity index (χ0) is 15.2. The Morgan fingerprint density at radius 2 is 2.24 bits per heavy atom. The van der Waals surface area contributed by atoms with Crippen molar-refractivity contribution < 1.29 is 9.47 Å². The maximum atomic E-state index is 5.91. The van der Waals surface area contributed by atoms with Gasteiger partial charge in [0.15, 0.2) is 11.6 Å². The Balaban J connectivity index is 2.16. The number of nitrogens with zero attached hydrogens (tertiary/aromatic N) is 2. The minimum Gasteiger partial charge on any atom is -0.487 e. The summed E-state index contributed by atoms with van der Waals surface area (Å²) in [6.45, 7) is 11.6. The molecule has 2 rings (SSSR count). The van der Waals surface area contributed by atoms with Gasteiger partial charge in [0.1, 0.15) is 0 Å². The Kier molecular flexibility index (Phi) is 5.82. The predicted molar refractivity (Wildman–Crippen MR) is 85.1 cm³/mol. The fourth-order valence-electron chi connectivity index (χ4n) is 2.42. The van der Waals surface area contributed by atoms with Crippen molar-refractivity contribution in [3.05, 3.63) is 18.3 Å². The van der Waals surface area contributed by atoms with Crippen LogP contribution in [0.3, 0.4) is 0 Å². The second-order valence-electron chi connectivity index (χ2n) is 5.98. The van der Waals surface area contributed by atoms with Gasteiger partial charge in [-0.3, -0.25) is 0 Å². The first-order chi connectivity index (χ1) is 10.1. The first-order valence-electron chi connectivity index (χ1n) is 7.77. The smallest absolute Gasteiger partial charge is 0.171 e. The number of rotatable bonds is 6. The van der Waals surface area contributed by atoms with Gasteiger partial charge in [-0.05, 0) is 26.0 Å². The SMILES string of the molecule is CC(C)NCC1COCCN1c1ncccc1OC(C)C. The molecule has 0 saturated carbocycles. The molecule has 1 aromatic heterocycles. The van der Waals surface area contributed by atoms with Crippen molar-refractivity contribution in [2.45, 2.75) is 45.9 Å². The fraction of sp³-hybridized carbons (Fsp3) is 0.688. The molecule has 1 fully saturated rings. The van der Waals surface area contributed by atoms with Crippen LogP contribution in [0.1, 0.15) is 27.7 Å². The van der Waals surface area contributed by atoms with Gasteiger partial charge in [-0.2, -0.15) is 0 Å². The molecule has 5 nitrogen and oxygen atoms in total. The van der Waals surface area contributed by atoms with Gasteiger partial charge in [0, 0.05) is 25.3 Å². The zero-order valence-corrected chi connectivity index (χ0v) is 13.5. The van der Waals surface area contributed by atoms with Crippen molar-refractivity contribution in [1.82, 2.24) is 10.3 Å². The highest BCUT2D eigenvalue weighted by atomic mass is 16.5. The Bertz CT molecular complexity index is 437. The maximum Gasteiger partial charge on any atom is 0.171 e. The van der Waals surface area contributed by atoms with Crippen LogP contribution in [0, 0.1) is 0 Å². The summed E-state index contributed by atoms with van der Waals surface area (Å²) in [6, 6.07) is 4.66. The van der Waals surface area contributed by atoms with Crippen LogP contribution >= 0.6 is 0 Å². The first-order valence-corrected chi connectivity index (χ1v) is 7.77. The molecule has 1 atom stereocenters. The molecule has 1 unspecified atom stereocenters. The normalized spacial score (nSPS) is 19.3. The minimum atomic E-state index is 0.140. The van der Waals surface area contributed by atoms with Crippen molar-refractivity contribution in [1.29, 1.82) is 0 Å². The standard InChI is InChI=1S/C16H27N3O2/c1-12(2)18-10-14-11-20-9-8-19(14)16-15(21-13(3)4)6-5-7-17-16/h5-7,12-14,18H,8-11H2,1-4H3. The lowest BCUT2D eigenvalue weighted by Gasteiger charge is -2.37. The van der Waals surface area contributed by atoms with E-state index in [1.54, 1.807) is 0 Å². The van der Waals surface area contributed by atoms with Gasteiger partial charge in [-0.25, -0.2) is 4.98 Å². The average molecular weight is 293 g/mol. The lowest BCUT2D eigenvalue weighted by molar-refractivity contribution is 0.0922. The van der Waals surface area contributed by atoms with E-state index in [0.29, 0.717) is 6.04 Å². The lowest BCUT2D eigenvalue weighted by atomic mass is 10.2. The molecule has 118 valence electrons. The molecule has 0 spiro atoms. The number of hydrogen-bond donors (Lipinski definition) is 1. The van der Waals surface area contributed by atoms with Crippen LogP contribution in [0.15, 0.2) is 18.3 Å². The molecular formula is C16H27N3O2. The Labute approximate surface area is 127 Å². The van der Waals surface area contributed by atoms with Crippen molar-refractivity contribution in [2.24, 2.45) is 0 Å². The van der Waals surface area contributed by atoms with Gasteiger partial charge in [0.2, 0.25) is 0 Å². The molecule has 1 aromatic rings. The number of ether oxygens (including phenoxy) is 2. The van der Waals surface area contributed by atoms with E-state index in [1.807, 2.05) is 32.2 Å². The molecule has 0 amide bonds. The van der Waals surface area contributed by atoms with E-state index in [4.69, 9.17) is 9.47 Å². The van der Waals surface area contributed by atoms with E-state index in [2.05, 4.69) is 29.0 Å². The molecule has 0 aromatic carbocycles. The van der Waals surface area contributed by atoms with Gasteiger partial charge in [0.05, 0.1) is 25.4 Å². The summed E-state index contributed by atoms with van der Waals surface area (Å²) in [5.74, 6) is 1.77. The Morgan fingerprint density at radius 3 is 2.95 bits per heavy atom. The largest absolute Gasteiger partial charge is 0.487 e. The molecule has 5 heteroatoms. The van der Waals surface area contributed by atoms with Crippen molar-refractivity contribution in [3.63, 3.8) is 0 Å². The van der Waals surface area contributed by atoms with Crippen molar-refractivity contribution in [2.75, 3.05) is 31.2 Å². The Hall–Kier alpha value is -1.33. The van der Waals surface area contributed by atoms with Gasteiger partial charge in [-0.15, -0.1) is 0 Å². The molecule has 2 heterocycles. The predicted octanol–water partition coefficient (Wildman–Crippen LogP) is 2.07. The number of anilines is 1.